The van der Waals surface area contributed by atoms with Crippen LogP contribution in [0.4, 0.5) is 0 Å². The molecular weight excluding hydrogens is 413 g/mol. The maximum Gasteiger partial charge on any atom is 0.191 e. The van der Waals surface area contributed by atoms with Crippen molar-refractivity contribution in [2.75, 3.05) is 20.1 Å². The molecule has 21 heavy (non-hydrogen) atoms. The summed E-state index contributed by atoms with van der Waals surface area (Å²) in [6.07, 6.45) is 1.04. The number of guanidine groups is 1. The third-order valence-corrected chi connectivity index (χ3v) is 4.79. The van der Waals surface area contributed by atoms with E-state index in [2.05, 4.69) is 56.9 Å². The fourth-order valence-corrected chi connectivity index (χ4v) is 3.39. The van der Waals surface area contributed by atoms with Crippen molar-refractivity contribution >= 4 is 52.6 Å². The average Bonchev–Trinajstić information content (AvgIpc) is 3.14. The normalized spacial score (nSPS) is 12.6. The largest absolute Gasteiger partial charge is 0.356 e. The molecule has 2 aromatic rings. The van der Waals surface area contributed by atoms with Gasteiger partial charge in [-0.3, -0.25) is 4.99 Å². The first-order chi connectivity index (χ1) is 9.79. The maximum atomic E-state index is 4.26. The Balaban J connectivity index is 0.00000220. The van der Waals surface area contributed by atoms with Crippen LogP contribution in [-0.4, -0.2) is 26.1 Å². The minimum absolute atomic E-state index is 0. The summed E-state index contributed by atoms with van der Waals surface area (Å²) in [5.74, 6) is 1.38. The molecule has 1 unspecified atom stereocenters. The second-order valence-electron chi connectivity index (χ2n) is 4.67. The average molecular weight is 435 g/mol. The van der Waals surface area contributed by atoms with Crippen molar-refractivity contribution in [1.29, 1.82) is 0 Å². The van der Waals surface area contributed by atoms with Gasteiger partial charge < -0.3 is 10.6 Å². The van der Waals surface area contributed by atoms with E-state index < -0.39 is 0 Å². The van der Waals surface area contributed by atoms with Crippen LogP contribution in [0.5, 0.6) is 0 Å². The number of aliphatic imine (C=N–C) groups is 1. The lowest BCUT2D eigenvalue weighted by Crippen LogP contribution is -2.39. The summed E-state index contributed by atoms with van der Waals surface area (Å²) < 4.78 is 0. The molecule has 2 heterocycles. The summed E-state index contributed by atoms with van der Waals surface area (Å²) in [7, 11) is 1.82. The number of hydrogen-bond donors (Lipinski definition) is 2. The predicted molar refractivity (Wildman–Crippen MR) is 106 cm³/mol. The van der Waals surface area contributed by atoms with Crippen LogP contribution in [0.25, 0.3) is 0 Å². The van der Waals surface area contributed by atoms with Gasteiger partial charge in [0.25, 0.3) is 0 Å². The Morgan fingerprint density at radius 3 is 2.76 bits per heavy atom. The summed E-state index contributed by atoms with van der Waals surface area (Å²) in [4.78, 5) is 5.66. The lowest BCUT2D eigenvalue weighted by molar-refractivity contribution is 0.700. The summed E-state index contributed by atoms with van der Waals surface area (Å²) in [6.45, 7) is 4.04. The molecule has 2 rings (SSSR count). The van der Waals surface area contributed by atoms with E-state index in [0.29, 0.717) is 5.92 Å². The second-order valence-corrected chi connectivity index (χ2v) is 6.48. The Hall–Kier alpha value is -0.600. The van der Waals surface area contributed by atoms with Crippen LogP contribution in [0.15, 0.2) is 39.3 Å². The molecule has 3 nitrogen and oxygen atoms in total. The molecule has 0 bridgehead atoms. The third-order valence-electron chi connectivity index (χ3n) is 3.16. The molecule has 1 atom stereocenters. The van der Waals surface area contributed by atoms with Gasteiger partial charge in [-0.05, 0) is 46.2 Å². The molecule has 0 fully saturated rings. The predicted octanol–water partition coefficient (Wildman–Crippen LogP) is 3.94. The first-order valence-electron chi connectivity index (χ1n) is 6.78. The van der Waals surface area contributed by atoms with Crippen molar-refractivity contribution in [2.45, 2.75) is 19.3 Å². The van der Waals surface area contributed by atoms with Gasteiger partial charge in [-0.2, -0.15) is 11.3 Å². The van der Waals surface area contributed by atoms with E-state index in [9.17, 15) is 0 Å². The molecule has 0 aliphatic heterocycles. The Morgan fingerprint density at radius 2 is 2.14 bits per heavy atom. The van der Waals surface area contributed by atoms with E-state index in [-0.39, 0.29) is 24.0 Å². The summed E-state index contributed by atoms with van der Waals surface area (Å²) in [5.41, 5.74) is 1.39. The molecule has 0 amide bonds. The molecule has 2 aromatic heterocycles. The highest BCUT2D eigenvalue weighted by molar-refractivity contribution is 14.0. The minimum atomic E-state index is 0. The van der Waals surface area contributed by atoms with Crippen molar-refractivity contribution in [3.63, 3.8) is 0 Å². The zero-order valence-electron chi connectivity index (χ0n) is 12.3. The van der Waals surface area contributed by atoms with Gasteiger partial charge >= 0.3 is 0 Å². The van der Waals surface area contributed by atoms with Gasteiger partial charge in [0.2, 0.25) is 0 Å². The highest BCUT2D eigenvalue weighted by Gasteiger charge is 2.06. The Morgan fingerprint density at radius 1 is 1.29 bits per heavy atom. The van der Waals surface area contributed by atoms with Gasteiger partial charge in [0.15, 0.2) is 5.96 Å². The molecule has 2 N–H and O–H groups in total. The van der Waals surface area contributed by atoms with Crippen molar-refractivity contribution < 1.29 is 0 Å². The van der Waals surface area contributed by atoms with E-state index in [4.69, 9.17) is 0 Å². The van der Waals surface area contributed by atoms with E-state index in [1.54, 1.807) is 22.7 Å². The monoisotopic (exact) mass is 435 g/mol. The molecule has 0 saturated heterocycles. The molecule has 116 valence electrons. The number of hydrogen-bond acceptors (Lipinski definition) is 3. The third kappa shape index (κ3) is 6.36. The SMILES string of the molecule is CN=C(NCCc1cccs1)NCC(C)c1ccsc1.I. The first-order valence-corrected chi connectivity index (χ1v) is 8.61. The molecule has 6 heteroatoms. The van der Waals surface area contributed by atoms with Gasteiger partial charge in [-0.15, -0.1) is 35.3 Å². The Labute approximate surface area is 151 Å². The topological polar surface area (TPSA) is 36.4 Å². The first kappa shape index (κ1) is 18.4. The number of nitrogens with zero attached hydrogens (tertiary/aromatic N) is 1. The van der Waals surface area contributed by atoms with Gasteiger partial charge in [-0.1, -0.05) is 13.0 Å². The van der Waals surface area contributed by atoms with Crippen molar-refractivity contribution in [1.82, 2.24) is 10.6 Å². The Bertz CT molecular complexity index is 509. The second kappa shape index (κ2) is 10.2. The van der Waals surface area contributed by atoms with Gasteiger partial charge in [-0.25, -0.2) is 0 Å². The van der Waals surface area contributed by atoms with E-state index in [1.807, 2.05) is 7.05 Å². The van der Waals surface area contributed by atoms with Crippen LogP contribution < -0.4 is 10.6 Å². The van der Waals surface area contributed by atoms with Crippen molar-refractivity contribution in [3.8, 4) is 0 Å². The van der Waals surface area contributed by atoms with Crippen LogP contribution in [0.2, 0.25) is 0 Å². The molecular formula is C15H22IN3S2. The van der Waals surface area contributed by atoms with E-state index >= 15 is 0 Å². The fraction of sp³-hybridized carbons (Fsp3) is 0.400. The zero-order chi connectivity index (χ0) is 14.2. The van der Waals surface area contributed by atoms with Crippen molar-refractivity contribution in [3.05, 3.63) is 44.8 Å². The van der Waals surface area contributed by atoms with Gasteiger partial charge in [0.1, 0.15) is 0 Å². The standard InChI is InChI=1S/C15H21N3S2.HI/c1-12(13-6-9-19-11-13)10-18-15(16-2)17-7-5-14-4-3-8-20-14;/h3-4,6,8-9,11-12H,5,7,10H2,1-2H3,(H2,16,17,18);1H. The summed E-state index contributed by atoms with van der Waals surface area (Å²) in [5, 5.41) is 13.2. The Kier molecular flexibility index (Phi) is 8.94. The lowest BCUT2D eigenvalue weighted by atomic mass is 10.1. The van der Waals surface area contributed by atoms with Crippen LogP contribution in [0.3, 0.4) is 0 Å². The number of thiophene rings is 2. The smallest absolute Gasteiger partial charge is 0.191 e. The van der Waals surface area contributed by atoms with E-state index in [0.717, 1.165) is 25.5 Å². The highest BCUT2D eigenvalue weighted by Crippen LogP contribution is 2.16. The minimum Gasteiger partial charge on any atom is -0.356 e. The number of rotatable bonds is 6. The van der Waals surface area contributed by atoms with Crippen molar-refractivity contribution in [2.24, 2.45) is 4.99 Å². The zero-order valence-corrected chi connectivity index (χ0v) is 16.3. The number of nitrogens with one attached hydrogen (secondary N) is 2. The summed E-state index contributed by atoms with van der Waals surface area (Å²) >= 11 is 3.55. The molecule has 0 spiro atoms. The van der Waals surface area contributed by atoms with Crippen LogP contribution in [-0.2, 0) is 6.42 Å². The van der Waals surface area contributed by atoms with Crippen LogP contribution >= 0.6 is 46.7 Å². The highest BCUT2D eigenvalue weighted by atomic mass is 127. The van der Waals surface area contributed by atoms with Gasteiger partial charge in [0, 0.05) is 25.0 Å². The summed E-state index contributed by atoms with van der Waals surface area (Å²) in [6, 6.07) is 6.45. The molecule has 0 radical (unpaired) electrons. The molecule has 0 aliphatic rings. The molecule has 0 saturated carbocycles. The van der Waals surface area contributed by atoms with Crippen LogP contribution in [0, 0.1) is 0 Å². The van der Waals surface area contributed by atoms with Gasteiger partial charge in [0.05, 0.1) is 0 Å². The van der Waals surface area contributed by atoms with Crippen LogP contribution in [0.1, 0.15) is 23.3 Å². The quantitative estimate of drug-likeness (QED) is 0.410. The van der Waals surface area contributed by atoms with E-state index in [1.165, 1.54) is 10.4 Å². The maximum absolute atomic E-state index is 4.26. The molecule has 0 aromatic carbocycles. The molecule has 0 aliphatic carbocycles. The fourth-order valence-electron chi connectivity index (χ4n) is 1.90. The number of halogens is 1. The lowest BCUT2D eigenvalue weighted by Gasteiger charge is -2.15.